The lowest BCUT2D eigenvalue weighted by atomic mass is 9.96. The Morgan fingerprint density at radius 3 is 3.00 bits per heavy atom. The fourth-order valence-corrected chi connectivity index (χ4v) is 5.46. The SMILES string of the molecule is COc1ccc(Cl)cc1NC(=O)CSc1nnc(-c2csc3c2CCCC3)n1C. The molecule has 2 aromatic heterocycles. The maximum atomic E-state index is 12.4. The van der Waals surface area contributed by atoms with Gasteiger partial charge in [-0.25, -0.2) is 0 Å². The van der Waals surface area contributed by atoms with Gasteiger partial charge in [0.05, 0.1) is 18.6 Å². The van der Waals surface area contributed by atoms with Gasteiger partial charge in [-0.05, 0) is 49.4 Å². The van der Waals surface area contributed by atoms with Crippen molar-refractivity contribution in [1.82, 2.24) is 14.8 Å². The first-order chi connectivity index (χ1) is 14.1. The molecule has 0 atom stereocenters. The van der Waals surface area contributed by atoms with Gasteiger partial charge in [0.2, 0.25) is 5.91 Å². The Hall–Kier alpha value is -2.03. The summed E-state index contributed by atoms with van der Waals surface area (Å²) in [5.74, 6) is 1.48. The van der Waals surface area contributed by atoms with Crippen LogP contribution in [0, 0.1) is 0 Å². The Bertz CT molecular complexity index is 1050. The van der Waals surface area contributed by atoms with E-state index in [1.807, 2.05) is 23.0 Å². The molecule has 3 aromatic rings. The van der Waals surface area contributed by atoms with Crippen molar-refractivity contribution in [2.45, 2.75) is 30.8 Å². The molecule has 2 heterocycles. The zero-order valence-electron chi connectivity index (χ0n) is 16.2. The minimum atomic E-state index is -0.159. The van der Waals surface area contributed by atoms with Gasteiger partial charge in [-0.2, -0.15) is 0 Å². The summed E-state index contributed by atoms with van der Waals surface area (Å²) < 4.78 is 7.23. The number of amides is 1. The molecule has 152 valence electrons. The van der Waals surface area contributed by atoms with Crippen molar-refractivity contribution in [2.24, 2.45) is 7.05 Å². The van der Waals surface area contributed by atoms with Gasteiger partial charge in [0, 0.05) is 27.9 Å². The van der Waals surface area contributed by atoms with E-state index in [9.17, 15) is 4.79 Å². The Balaban J connectivity index is 1.44. The maximum absolute atomic E-state index is 12.4. The highest BCUT2D eigenvalue weighted by molar-refractivity contribution is 7.99. The van der Waals surface area contributed by atoms with Crippen molar-refractivity contribution in [3.8, 4) is 17.1 Å². The number of hydrogen-bond acceptors (Lipinski definition) is 6. The third kappa shape index (κ3) is 4.29. The summed E-state index contributed by atoms with van der Waals surface area (Å²) in [5, 5.41) is 15.0. The maximum Gasteiger partial charge on any atom is 0.234 e. The first kappa shape index (κ1) is 20.3. The Labute approximate surface area is 182 Å². The van der Waals surface area contributed by atoms with E-state index in [4.69, 9.17) is 16.3 Å². The molecule has 0 spiro atoms. The molecule has 0 saturated carbocycles. The van der Waals surface area contributed by atoms with Crippen LogP contribution in [0.25, 0.3) is 11.4 Å². The highest BCUT2D eigenvalue weighted by Crippen LogP contribution is 2.36. The largest absolute Gasteiger partial charge is 0.495 e. The Morgan fingerprint density at radius 2 is 2.17 bits per heavy atom. The summed E-state index contributed by atoms with van der Waals surface area (Å²) >= 11 is 9.19. The predicted octanol–water partition coefficient (Wildman–Crippen LogP) is 4.82. The minimum absolute atomic E-state index is 0.159. The topological polar surface area (TPSA) is 69.0 Å². The summed E-state index contributed by atoms with van der Waals surface area (Å²) in [6.45, 7) is 0. The number of thiophene rings is 1. The number of nitrogens with zero attached hydrogens (tertiary/aromatic N) is 3. The number of carbonyl (C=O) groups is 1. The summed E-state index contributed by atoms with van der Waals surface area (Å²) in [6.07, 6.45) is 4.75. The average Bonchev–Trinajstić information content (AvgIpc) is 3.30. The molecule has 4 rings (SSSR count). The summed E-state index contributed by atoms with van der Waals surface area (Å²) in [7, 11) is 3.50. The summed E-state index contributed by atoms with van der Waals surface area (Å²) in [6, 6.07) is 5.11. The molecule has 1 aromatic carbocycles. The first-order valence-electron chi connectivity index (χ1n) is 9.32. The summed E-state index contributed by atoms with van der Waals surface area (Å²) in [5.41, 5.74) is 3.15. The number of benzene rings is 1. The van der Waals surface area contributed by atoms with Crippen LogP contribution < -0.4 is 10.1 Å². The number of aryl methyl sites for hydroxylation is 1. The number of rotatable bonds is 6. The fraction of sp³-hybridized carbons (Fsp3) is 0.350. The highest BCUT2D eigenvalue weighted by atomic mass is 35.5. The third-order valence-corrected chi connectivity index (χ3v) is 7.25. The molecule has 1 N–H and O–H groups in total. The van der Waals surface area contributed by atoms with E-state index in [0.717, 1.165) is 18.7 Å². The number of aromatic nitrogens is 3. The average molecular weight is 449 g/mol. The standard InChI is InChI=1S/C20H21ClN4O2S2/c1-25-19(14-10-28-17-6-4-3-5-13(14)17)23-24-20(25)29-11-18(26)22-15-9-12(21)7-8-16(15)27-2/h7-10H,3-6,11H2,1-2H3,(H,22,26). The lowest BCUT2D eigenvalue weighted by Crippen LogP contribution is -2.15. The van der Waals surface area contributed by atoms with E-state index in [1.54, 1.807) is 25.3 Å². The summed E-state index contributed by atoms with van der Waals surface area (Å²) in [4.78, 5) is 13.9. The second-order valence-electron chi connectivity index (χ2n) is 6.80. The van der Waals surface area contributed by atoms with Gasteiger partial charge in [0.15, 0.2) is 11.0 Å². The number of thioether (sulfide) groups is 1. The predicted molar refractivity (Wildman–Crippen MR) is 118 cm³/mol. The van der Waals surface area contributed by atoms with E-state index in [1.165, 1.54) is 40.6 Å². The van der Waals surface area contributed by atoms with Gasteiger partial charge >= 0.3 is 0 Å². The van der Waals surface area contributed by atoms with Crippen LogP contribution >= 0.6 is 34.7 Å². The van der Waals surface area contributed by atoms with Crippen molar-refractivity contribution >= 4 is 46.3 Å². The fourth-order valence-electron chi connectivity index (χ4n) is 3.45. The smallest absolute Gasteiger partial charge is 0.234 e. The Morgan fingerprint density at radius 1 is 1.34 bits per heavy atom. The van der Waals surface area contributed by atoms with Crippen LogP contribution in [0.2, 0.25) is 5.02 Å². The molecular weight excluding hydrogens is 428 g/mol. The zero-order chi connectivity index (χ0) is 20.4. The van der Waals surface area contributed by atoms with Gasteiger partial charge in [-0.3, -0.25) is 4.79 Å². The molecular formula is C20H21ClN4O2S2. The van der Waals surface area contributed by atoms with E-state index < -0.39 is 0 Å². The van der Waals surface area contributed by atoms with E-state index in [2.05, 4.69) is 20.9 Å². The van der Waals surface area contributed by atoms with Crippen molar-refractivity contribution in [3.63, 3.8) is 0 Å². The molecule has 0 saturated heterocycles. The van der Waals surface area contributed by atoms with Crippen LogP contribution in [0.1, 0.15) is 23.3 Å². The molecule has 0 fully saturated rings. The molecule has 1 aliphatic rings. The second kappa shape index (κ2) is 8.77. The van der Waals surface area contributed by atoms with Gasteiger partial charge < -0.3 is 14.6 Å². The molecule has 0 unspecified atom stereocenters. The van der Waals surface area contributed by atoms with Crippen LogP contribution in [0.3, 0.4) is 0 Å². The van der Waals surface area contributed by atoms with Crippen LogP contribution in [0.15, 0.2) is 28.7 Å². The lowest BCUT2D eigenvalue weighted by Gasteiger charge is -2.12. The number of carbonyl (C=O) groups excluding carboxylic acids is 1. The number of ether oxygens (including phenoxy) is 1. The van der Waals surface area contributed by atoms with Gasteiger partial charge in [-0.15, -0.1) is 21.5 Å². The molecule has 6 nitrogen and oxygen atoms in total. The number of hydrogen-bond donors (Lipinski definition) is 1. The van der Waals surface area contributed by atoms with Crippen molar-refractivity contribution in [3.05, 3.63) is 39.0 Å². The van der Waals surface area contributed by atoms with Gasteiger partial charge in [0.25, 0.3) is 0 Å². The molecule has 0 radical (unpaired) electrons. The van der Waals surface area contributed by atoms with Crippen LogP contribution in [-0.2, 0) is 24.7 Å². The third-order valence-electron chi connectivity index (χ3n) is 4.91. The minimum Gasteiger partial charge on any atom is -0.495 e. The number of methoxy groups -OCH3 is 1. The van der Waals surface area contributed by atoms with Crippen molar-refractivity contribution < 1.29 is 9.53 Å². The van der Waals surface area contributed by atoms with Crippen LogP contribution in [-0.4, -0.2) is 33.5 Å². The van der Waals surface area contributed by atoms with Crippen molar-refractivity contribution in [2.75, 3.05) is 18.2 Å². The molecule has 1 aliphatic carbocycles. The molecule has 1 amide bonds. The highest BCUT2D eigenvalue weighted by Gasteiger charge is 2.21. The lowest BCUT2D eigenvalue weighted by molar-refractivity contribution is -0.113. The zero-order valence-corrected chi connectivity index (χ0v) is 18.6. The van der Waals surface area contributed by atoms with E-state index in [-0.39, 0.29) is 11.7 Å². The molecule has 0 aliphatic heterocycles. The molecule has 9 heteroatoms. The molecule has 29 heavy (non-hydrogen) atoms. The number of nitrogens with one attached hydrogen (secondary N) is 1. The molecule has 0 bridgehead atoms. The van der Waals surface area contributed by atoms with Gasteiger partial charge in [0.1, 0.15) is 5.75 Å². The number of halogens is 1. The number of fused-ring (bicyclic) bond motifs is 1. The van der Waals surface area contributed by atoms with Crippen LogP contribution in [0.4, 0.5) is 5.69 Å². The quantitative estimate of drug-likeness (QED) is 0.548. The second-order valence-corrected chi connectivity index (χ2v) is 9.15. The normalized spacial score (nSPS) is 13.2. The number of anilines is 1. The van der Waals surface area contributed by atoms with E-state index >= 15 is 0 Å². The van der Waals surface area contributed by atoms with Gasteiger partial charge in [-0.1, -0.05) is 23.4 Å². The monoisotopic (exact) mass is 448 g/mol. The van der Waals surface area contributed by atoms with Crippen molar-refractivity contribution in [1.29, 1.82) is 0 Å². The van der Waals surface area contributed by atoms with Crippen LogP contribution in [0.5, 0.6) is 5.75 Å². The van der Waals surface area contributed by atoms with E-state index in [0.29, 0.717) is 21.6 Å². The Kier molecular flexibility index (Phi) is 6.12. The first-order valence-corrected chi connectivity index (χ1v) is 11.6.